The van der Waals surface area contributed by atoms with E-state index in [0.717, 1.165) is 0 Å². The number of oxime groups is 1. The molecule has 1 amide bonds. The highest BCUT2D eigenvalue weighted by molar-refractivity contribution is 5.98. The minimum atomic E-state index is -4.76. The molecule has 1 saturated heterocycles. The van der Waals surface area contributed by atoms with Crippen LogP contribution in [0.4, 0.5) is 18.0 Å². The molecule has 0 aliphatic carbocycles. The Bertz CT molecular complexity index is 1260. The van der Waals surface area contributed by atoms with E-state index in [1.54, 1.807) is 43.0 Å². The predicted octanol–water partition coefficient (Wildman–Crippen LogP) is 5.53. The van der Waals surface area contributed by atoms with Crippen molar-refractivity contribution >= 4 is 11.8 Å². The monoisotopic (exact) mass is 530 g/mol. The second-order valence-electron chi connectivity index (χ2n) is 8.43. The number of piperidine rings is 1. The van der Waals surface area contributed by atoms with Crippen molar-refractivity contribution in [2.45, 2.75) is 39.2 Å². The van der Waals surface area contributed by atoms with Crippen LogP contribution in [0.1, 0.15) is 30.9 Å². The van der Waals surface area contributed by atoms with Crippen LogP contribution in [0.3, 0.4) is 0 Å². The van der Waals surface area contributed by atoms with E-state index in [2.05, 4.69) is 19.9 Å². The molecule has 200 valence electrons. The van der Waals surface area contributed by atoms with E-state index in [9.17, 15) is 18.0 Å². The number of para-hydroxylation sites is 1. The average Bonchev–Trinajstić information content (AvgIpc) is 2.89. The lowest BCUT2D eigenvalue weighted by atomic mass is 10.1. The molecular weight excluding hydrogens is 505 g/mol. The molecule has 38 heavy (non-hydrogen) atoms. The number of nitrogens with zero attached hydrogens (tertiary/aromatic N) is 4. The third kappa shape index (κ3) is 7.34. The van der Waals surface area contributed by atoms with Gasteiger partial charge in [-0.15, -0.1) is 13.2 Å². The number of benzene rings is 2. The van der Waals surface area contributed by atoms with Crippen molar-refractivity contribution < 1.29 is 37.0 Å². The summed E-state index contributed by atoms with van der Waals surface area (Å²) in [6.07, 6.45) is -2.86. The van der Waals surface area contributed by atoms with Gasteiger partial charge in [0, 0.05) is 25.9 Å². The first-order valence-electron chi connectivity index (χ1n) is 11.8. The summed E-state index contributed by atoms with van der Waals surface area (Å²) in [5.74, 6) is 0.671. The highest BCUT2D eigenvalue weighted by Crippen LogP contribution is 2.27. The molecule has 2 aromatic carbocycles. The second-order valence-corrected chi connectivity index (χ2v) is 8.43. The zero-order chi connectivity index (χ0) is 27.1. The Morgan fingerprint density at radius 1 is 0.974 bits per heavy atom. The molecule has 1 fully saturated rings. The molecule has 3 aromatic rings. The Kier molecular flexibility index (Phi) is 8.29. The summed E-state index contributed by atoms with van der Waals surface area (Å²) in [5.41, 5.74) is 1.49. The quantitative estimate of drug-likeness (QED) is 0.293. The Labute approximate surface area is 216 Å². The maximum absolute atomic E-state index is 12.4. The van der Waals surface area contributed by atoms with Gasteiger partial charge in [0.15, 0.2) is 0 Å². The number of ether oxygens (including phenoxy) is 3. The largest absolute Gasteiger partial charge is 0.573 e. The molecule has 0 unspecified atom stereocenters. The summed E-state index contributed by atoms with van der Waals surface area (Å²) in [6, 6.07) is 14.1. The molecule has 0 atom stereocenters. The summed E-state index contributed by atoms with van der Waals surface area (Å²) < 4.78 is 52.3. The van der Waals surface area contributed by atoms with Crippen LogP contribution in [-0.2, 0) is 0 Å². The van der Waals surface area contributed by atoms with E-state index in [-0.39, 0.29) is 17.7 Å². The van der Waals surface area contributed by atoms with Crippen LogP contribution in [-0.4, -0.2) is 52.2 Å². The molecule has 0 N–H and O–H groups in total. The molecule has 1 aliphatic heterocycles. The van der Waals surface area contributed by atoms with Crippen molar-refractivity contribution in [3.8, 4) is 23.3 Å². The normalized spacial score (nSPS) is 14.7. The zero-order valence-electron chi connectivity index (χ0n) is 20.6. The van der Waals surface area contributed by atoms with Crippen molar-refractivity contribution in [2.24, 2.45) is 5.16 Å². The lowest BCUT2D eigenvalue weighted by molar-refractivity contribution is -0.274. The Morgan fingerprint density at radius 3 is 2.29 bits per heavy atom. The minimum Gasteiger partial charge on any atom is -0.474 e. The van der Waals surface area contributed by atoms with Gasteiger partial charge in [-0.25, -0.2) is 9.78 Å². The molecule has 0 radical (unpaired) electrons. The molecular formula is C26H25F3N4O5. The topological polar surface area (TPSA) is 95.4 Å². The number of halogens is 3. The summed E-state index contributed by atoms with van der Waals surface area (Å²) in [4.78, 5) is 27.8. The number of alkyl halides is 3. The van der Waals surface area contributed by atoms with Gasteiger partial charge in [0.2, 0.25) is 5.88 Å². The highest BCUT2D eigenvalue weighted by atomic mass is 19.4. The van der Waals surface area contributed by atoms with Crippen LogP contribution >= 0.6 is 0 Å². The number of carbonyl (C=O) groups is 1. The number of amides is 1. The fourth-order valence-electron chi connectivity index (χ4n) is 3.66. The molecule has 2 heterocycles. The molecule has 9 nitrogen and oxygen atoms in total. The first kappa shape index (κ1) is 26.7. The first-order valence-corrected chi connectivity index (χ1v) is 11.8. The van der Waals surface area contributed by atoms with Crippen LogP contribution in [0.5, 0.6) is 23.3 Å². The Balaban J connectivity index is 1.31. The van der Waals surface area contributed by atoms with Gasteiger partial charge in [-0.1, -0.05) is 23.4 Å². The molecule has 4 rings (SSSR count). The number of hydrogen-bond donors (Lipinski definition) is 0. The summed E-state index contributed by atoms with van der Waals surface area (Å²) >= 11 is 0. The Hall–Kier alpha value is -4.35. The van der Waals surface area contributed by atoms with E-state index < -0.39 is 12.5 Å². The van der Waals surface area contributed by atoms with Gasteiger partial charge in [-0.05, 0) is 55.8 Å². The minimum absolute atomic E-state index is 0.167. The zero-order valence-corrected chi connectivity index (χ0v) is 20.6. The number of aromatic nitrogens is 2. The molecule has 0 saturated carbocycles. The lowest BCUT2D eigenvalue weighted by Crippen LogP contribution is -2.43. The highest BCUT2D eigenvalue weighted by Gasteiger charge is 2.31. The second kappa shape index (κ2) is 11.8. The summed E-state index contributed by atoms with van der Waals surface area (Å²) in [5, 5.41) is 4.03. The van der Waals surface area contributed by atoms with Gasteiger partial charge in [0.1, 0.15) is 23.9 Å². The number of rotatable bonds is 7. The third-order valence-corrected chi connectivity index (χ3v) is 5.69. The van der Waals surface area contributed by atoms with E-state index in [1.165, 1.54) is 30.6 Å². The molecule has 1 aromatic heterocycles. The van der Waals surface area contributed by atoms with Crippen LogP contribution in [0, 0.1) is 6.92 Å². The maximum atomic E-state index is 12.4. The van der Waals surface area contributed by atoms with Crippen molar-refractivity contribution in [3.63, 3.8) is 0 Å². The van der Waals surface area contributed by atoms with E-state index >= 15 is 0 Å². The van der Waals surface area contributed by atoms with Crippen molar-refractivity contribution in [1.29, 1.82) is 0 Å². The van der Waals surface area contributed by atoms with E-state index in [4.69, 9.17) is 14.3 Å². The number of hydrogen-bond acceptors (Lipinski definition) is 8. The molecule has 0 spiro atoms. The molecule has 0 bridgehead atoms. The predicted molar refractivity (Wildman–Crippen MR) is 130 cm³/mol. The van der Waals surface area contributed by atoms with Crippen LogP contribution in [0.15, 0.2) is 66.1 Å². The van der Waals surface area contributed by atoms with Gasteiger partial charge in [-0.3, -0.25) is 0 Å². The van der Waals surface area contributed by atoms with Gasteiger partial charge >= 0.3 is 12.5 Å². The molecule has 1 aliphatic rings. The molecule has 12 heteroatoms. The number of carbonyl (C=O) groups excluding carboxylic acids is 1. The van der Waals surface area contributed by atoms with Crippen molar-refractivity contribution in [1.82, 2.24) is 14.9 Å². The van der Waals surface area contributed by atoms with Gasteiger partial charge in [0.25, 0.3) is 5.88 Å². The van der Waals surface area contributed by atoms with Crippen LogP contribution < -0.4 is 19.0 Å². The SMILES string of the molecule is CC(=NOc1ncnc(OC2CCN(C(=O)Oc3ccccc3)CC2)c1C)c1ccc(OC(F)(F)F)cc1. The van der Waals surface area contributed by atoms with Crippen molar-refractivity contribution in [2.75, 3.05) is 13.1 Å². The van der Waals surface area contributed by atoms with Crippen LogP contribution in [0.25, 0.3) is 0 Å². The van der Waals surface area contributed by atoms with E-state index in [0.29, 0.717) is 54.4 Å². The summed E-state index contributed by atoms with van der Waals surface area (Å²) in [7, 11) is 0. The number of likely N-dealkylation sites (tertiary alicyclic amines) is 1. The Morgan fingerprint density at radius 2 is 1.63 bits per heavy atom. The van der Waals surface area contributed by atoms with Gasteiger partial charge in [0.05, 0.1) is 11.3 Å². The van der Waals surface area contributed by atoms with Gasteiger partial charge < -0.3 is 23.9 Å². The summed E-state index contributed by atoms with van der Waals surface area (Å²) in [6.45, 7) is 4.31. The average molecular weight is 531 g/mol. The van der Waals surface area contributed by atoms with Gasteiger partial charge in [-0.2, -0.15) is 4.98 Å². The first-order chi connectivity index (χ1) is 18.2. The van der Waals surface area contributed by atoms with Crippen molar-refractivity contribution in [3.05, 3.63) is 72.1 Å². The standard InChI is InChI=1S/C26H25F3N4O5/c1-17-23(35-21-12-14-33(15-13-21)25(34)36-20-6-4-3-5-7-20)30-16-31-24(17)38-32-18(2)19-8-10-22(11-9-19)37-26(27,28)29/h3-11,16,21H,12-15H2,1-2H3. The fourth-order valence-corrected chi connectivity index (χ4v) is 3.66. The fraction of sp³-hybridized carbons (Fsp3) is 0.308. The van der Waals surface area contributed by atoms with E-state index in [1.807, 2.05) is 6.07 Å². The smallest absolute Gasteiger partial charge is 0.474 e. The van der Waals surface area contributed by atoms with Crippen LogP contribution in [0.2, 0.25) is 0 Å². The maximum Gasteiger partial charge on any atom is 0.573 e. The lowest BCUT2D eigenvalue weighted by Gasteiger charge is -2.31. The third-order valence-electron chi connectivity index (χ3n) is 5.69.